The van der Waals surface area contributed by atoms with E-state index in [0.29, 0.717) is 21.1 Å². The fraction of sp³-hybridized carbons (Fsp3) is 0.333. The van der Waals surface area contributed by atoms with Gasteiger partial charge >= 0.3 is 22.3 Å². The van der Waals surface area contributed by atoms with Gasteiger partial charge in [-0.05, 0) is 50.6 Å². The highest BCUT2D eigenvalue weighted by Gasteiger charge is 2.34. The molecule has 0 N–H and O–H groups in total. The van der Waals surface area contributed by atoms with Gasteiger partial charge in [-0.15, -0.1) is 0 Å². The molecule has 30 heavy (non-hydrogen) atoms. The van der Waals surface area contributed by atoms with Crippen molar-refractivity contribution in [3.05, 3.63) is 65.7 Å². The molecular formula is C21H26N2O6S. The zero-order valence-electron chi connectivity index (χ0n) is 17.7. The van der Waals surface area contributed by atoms with Gasteiger partial charge in [0.05, 0.1) is 24.9 Å². The average molecular weight is 435 g/mol. The minimum Gasteiger partial charge on any atom is -0.465 e. The number of carbonyl (C=O) groups is 2. The molecule has 162 valence electrons. The SMILES string of the molecule is COC(=O)c1ccc(CN(c2ccccc2)S(=O)(=O)N(C)C(=O)OC(C)(C)C)cc1. The molecule has 2 rings (SSSR count). The van der Waals surface area contributed by atoms with Gasteiger partial charge < -0.3 is 9.47 Å². The number of esters is 1. The number of rotatable bonds is 6. The molecule has 0 saturated carbocycles. The van der Waals surface area contributed by atoms with E-state index >= 15 is 0 Å². The number of nitrogens with zero attached hydrogens (tertiary/aromatic N) is 2. The van der Waals surface area contributed by atoms with Crippen molar-refractivity contribution in [3.8, 4) is 0 Å². The van der Waals surface area contributed by atoms with Gasteiger partial charge in [0.15, 0.2) is 0 Å². The summed E-state index contributed by atoms with van der Waals surface area (Å²) >= 11 is 0. The van der Waals surface area contributed by atoms with E-state index < -0.39 is 27.9 Å². The molecular weight excluding hydrogens is 408 g/mol. The number of ether oxygens (including phenoxy) is 2. The number of methoxy groups -OCH3 is 1. The molecule has 2 aromatic rings. The van der Waals surface area contributed by atoms with Crippen LogP contribution in [0, 0.1) is 0 Å². The summed E-state index contributed by atoms with van der Waals surface area (Å²) in [5.41, 5.74) is 0.501. The minimum absolute atomic E-state index is 0.0546. The Hall–Kier alpha value is -3.07. The van der Waals surface area contributed by atoms with Crippen molar-refractivity contribution >= 4 is 28.0 Å². The highest BCUT2D eigenvalue weighted by molar-refractivity contribution is 7.91. The summed E-state index contributed by atoms with van der Waals surface area (Å²) < 4.78 is 38.1. The zero-order chi connectivity index (χ0) is 22.5. The fourth-order valence-corrected chi connectivity index (χ4v) is 3.72. The van der Waals surface area contributed by atoms with E-state index in [2.05, 4.69) is 4.74 Å². The van der Waals surface area contributed by atoms with Crippen LogP contribution < -0.4 is 4.31 Å². The maximum Gasteiger partial charge on any atom is 0.425 e. The lowest BCUT2D eigenvalue weighted by Crippen LogP contribution is -2.46. The Morgan fingerprint density at radius 3 is 2.03 bits per heavy atom. The summed E-state index contributed by atoms with van der Waals surface area (Å²) in [6.45, 7) is 4.91. The second-order valence-electron chi connectivity index (χ2n) is 7.49. The first-order valence-corrected chi connectivity index (χ1v) is 10.6. The first-order valence-electron chi connectivity index (χ1n) is 9.17. The van der Waals surface area contributed by atoms with Crippen LogP contribution in [-0.4, -0.2) is 44.5 Å². The molecule has 0 aliphatic rings. The molecule has 8 nitrogen and oxygen atoms in total. The molecule has 0 radical (unpaired) electrons. The van der Waals surface area contributed by atoms with Crippen molar-refractivity contribution in [1.29, 1.82) is 0 Å². The summed E-state index contributed by atoms with van der Waals surface area (Å²) in [7, 11) is -1.82. The summed E-state index contributed by atoms with van der Waals surface area (Å²) in [6.07, 6.45) is -0.982. The number of anilines is 1. The monoisotopic (exact) mass is 434 g/mol. The predicted octanol–water partition coefficient (Wildman–Crippen LogP) is 3.59. The van der Waals surface area contributed by atoms with E-state index in [4.69, 9.17) is 4.74 Å². The Bertz CT molecular complexity index is 982. The Morgan fingerprint density at radius 2 is 1.53 bits per heavy atom. The van der Waals surface area contributed by atoms with Gasteiger partial charge in [0.25, 0.3) is 0 Å². The molecule has 0 atom stereocenters. The summed E-state index contributed by atoms with van der Waals surface area (Å²) in [6, 6.07) is 14.8. The number of para-hydroxylation sites is 1. The van der Waals surface area contributed by atoms with E-state index in [1.54, 1.807) is 75.4 Å². The molecule has 0 unspecified atom stereocenters. The Balaban J connectivity index is 2.38. The predicted molar refractivity (Wildman–Crippen MR) is 113 cm³/mol. The topological polar surface area (TPSA) is 93.2 Å². The highest BCUT2D eigenvalue weighted by Crippen LogP contribution is 2.24. The molecule has 0 aliphatic heterocycles. The molecule has 2 aromatic carbocycles. The van der Waals surface area contributed by atoms with Crippen LogP contribution in [0.3, 0.4) is 0 Å². The van der Waals surface area contributed by atoms with Crippen LogP contribution in [0.25, 0.3) is 0 Å². The van der Waals surface area contributed by atoms with Crippen LogP contribution in [0.4, 0.5) is 10.5 Å². The minimum atomic E-state index is -4.25. The van der Waals surface area contributed by atoms with E-state index in [-0.39, 0.29) is 6.54 Å². The largest absolute Gasteiger partial charge is 0.465 e. The fourth-order valence-electron chi connectivity index (χ4n) is 2.50. The van der Waals surface area contributed by atoms with Gasteiger partial charge in [-0.1, -0.05) is 30.3 Å². The second-order valence-corrected chi connectivity index (χ2v) is 9.37. The number of amides is 1. The molecule has 0 saturated heterocycles. The van der Waals surface area contributed by atoms with Crippen molar-refractivity contribution in [2.75, 3.05) is 18.5 Å². The van der Waals surface area contributed by atoms with Gasteiger partial charge in [0.2, 0.25) is 0 Å². The van der Waals surface area contributed by atoms with Crippen LogP contribution in [-0.2, 0) is 26.2 Å². The maximum absolute atomic E-state index is 13.3. The number of hydrogen-bond acceptors (Lipinski definition) is 6. The van der Waals surface area contributed by atoms with E-state index in [9.17, 15) is 18.0 Å². The maximum atomic E-state index is 13.3. The Labute approximate surface area is 177 Å². The molecule has 9 heteroatoms. The van der Waals surface area contributed by atoms with Gasteiger partial charge in [-0.3, -0.25) is 0 Å². The van der Waals surface area contributed by atoms with Crippen molar-refractivity contribution in [3.63, 3.8) is 0 Å². The average Bonchev–Trinajstić information content (AvgIpc) is 2.70. The lowest BCUT2D eigenvalue weighted by Gasteiger charge is -2.30. The number of hydrogen-bond donors (Lipinski definition) is 0. The van der Waals surface area contributed by atoms with Crippen LogP contribution >= 0.6 is 0 Å². The van der Waals surface area contributed by atoms with Crippen molar-refractivity contribution < 1.29 is 27.5 Å². The van der Waals surface area contributed by atoms with Gasteiger partial charge in [0, 0.05) is 7.05 Å². The molecule has 0 aliphatic carbocycles. The molecule has 0 spiro atoms. The van der Waals surface area contributed by atoms with E-state index in [1.807, 2.05) is 0 Å². The van der Waals surface area contributed by atoms with Crippen molar-refractivity contribution in [2.45, 2.75) is 32.9 Å². The van der Waals surface area contributed by atoms with Crippen LogP contribution in [0.2, 0.25) is 0 Å². The van der Waals surface area contributed by atoms with Crippen LogP contribution in [0.5, 0.6) is 0 Å². The number of carbonyl (C=O) groups excluding carboxylic acids is 2. The lowest BCUT2D eigenvalue weighted by molar-refractivity contribution is 0.0419. The summed E-state index contributed by atoms with van der Waals surface area (Å²) in [5, 5.41) is 0. The molecule has 0 aromatic heterocycles. The third-order valence-electron chi connectivity index (χ3n) is 4.02. The van der Waals surface area contributed by atoms with E-state index in [0.717, 1.165) is 11.4 Å². The Kier molecular flexibility index (Phi) is 7.09. The molecule has 0 bridgehead atoms. The first-order chi connectivity index (χ1) is 14.0. The Morgan fingerprint density at radius 1 is 0.967 bits per heavy atom. The third kappa shape index (κ3) is 5.73. The molecule has 1 amide bonds. The summed E-state index contributed by atoms with van der Waals surface area (Å²) in [4.78, 5) is 24.0. The number of benzene rings is 2. The van der Waals surface area contributed by atoms with Gasteiger partial charge in [-0.25, -0.2) is 13.9 Å². The molecule has 0 heterocycles. The van der Waals surface area contributed by atoms with Crippen molar-refractivity contribution in [1.82, 2.24) is 4.31 Å². The molecule has 0 fully saturated rings. The lowest BCUT2D eigenvalue weighted by atomic mass is 10.1. The van der Waals surface area contributed by atoms with Crippen LogP contribution in [0.1, 0.15) is 36.7 Å². The normalized spacial score (nSPS) is 11.5. The van der Waals surface area contributed by atoms with Crippen molar-refractivity contribution in [2.24, 2.45) is 0 Å². The third-order valence-corrected chi connectivity index (χ3v) is 5.76. The first kappa shape index (κ1) is 23.2. The standard InChI is InChI=1S/C21H26N2O6S/c1-21(2,3)29-20(25)22(4)30(26,27)23(18-9-7-6-8-10-18)15-16-11-13-17(14-12-16)19(24)28-5/h6-14H,15H2,1-5H3. The zero-order valence-corrected chi connectivity index (χ0v) is 18.5. The van der Waals surface area contributed by atoms with Gasteiger partial charge in [-0.2, -0.15) is 12.7 Å². The summed E-state index contributed by atoms with van der Waals surface area (Å²) in [5.74, 6) is -0.487. The quantitative estimate of drug-likeness (QED) is 0.645. The van der Waals surface area contributed by atoms with Gasteiger partial charge in [0.1, 0.15) is 5.60 Å². The van der Waals surface area contributed by atoms with Crippen LogP contribution in [0.15, 0.2) is 54.6 Å². The highest BCUT2D eigenvalue weighted by atomic mass is 32.2. The smallest absolute Gasteiger partial charge is 0.425 e. The van der Waals surface area contributed by atoms with E-state index in [1.165, 1.54) is 7.11 Å². The second kappa shape index (κ2) is 9.17.